The molecule has 0 rings (SSSR count). The standard InChI is InChI=1S/C23H43N3O4/c1-6-14-25-20(27)16-29-17-21(28)26-15-12-23(9-4,10-5)19-30-18-22(7-2,8-3)11-13-24/h1H,7-19,24H2,2-5H3,(H,25,27)(H,26,28). The van der Waals surface area contributed by atoms with E-state index in [1.54, 1.807) is 0 Å². The first-order chi connectivity index (χ1) is 14.4. The molecule has 174 valence electrons. The first-order valence-corrected chi connectivity index (χ1v) is 11.2. The minimum absolute atomic E-state index is 0.0270. The molecule has 0 aliphatic carbocycles. The predicted octanol–water partition coefficient (Wildman–Crippen LogP) is 2.24. The summed E-state index contributed by atoms with van der Waals surface area (Å²) in [5.74, 6) is 1.73. The molecule has 4 N–H and O–H groups in total. The monoisotopic (exact) mass is 425 g/mol. The summed E-state index contributed by atoms with van der Waals surface area (Å²) in [6.07, 6.45) is 10.9. The fourth-order valence-corrected chi connectivity index (χ4v) is 3.51. The number of nitrogens with one attached hydrogen (secondary N) is 2. The van der Waals surface area contributed by atoms with Crippen LogP contribution in [0.25, 0.3) is 0 Å². The van der Waals surface area contributed by atoms with Crippen molar-refractivity contribution in [3.05, 3.63) is 0 Å². The van der Waals surface area contributed by atoms with E-state index in [9.17, 15) is 9.59 Å². The second kappa shape index (κ2) is 16.1. The van der Waals surface area contributed by atoms with Gasteiger partial charge in [0.2, 0.25) is 11.8 Å². The number of rotatable bonds is 18. The zero-order valence-electron chi connectivity index (χ0n) is 19.5. The summed E-state index contributed by atoms with van der Waals surface area (Å²) in [7, 11) is 0. The summed E-state index contributed by atoms with van der Waals surface area (Å²) in [5, 5.41) is 5.35. The predicted molar refractivity (Wildman–Crippen MR) is 121 cm³/mol. The van der Waals surface area contributed by atoms with Gasteiger partial charge in [0.1, 0.15) is 13.2 Å². The number of terminal acetylenes is 1. The lowest BCUT2D eigenvalue weighted by Gasteiger charge is -2.36. The highest BCUT2D eigenvalue weighted by Gasteiger charge is 2.30. The molecule has 2 amide bonds. The average Bonchev–Trinajstić information content (AvgIpc) is 2.76. The Morgan fingerprint density at radius 2 is 1.37 bits per heavy atom. The Labute approximate surface area is 183 Å². The van der Waals surface area contributed by atoms with E-state index in [2.05, 4.69) is 44.2 Å². The molecule has 30 heavy (non-hydrogen) atoms. The minimum atomic E-state index is -0.334. The van der Waals surface area contributed by atoms with Crippen LogP contribution in [-0.2, 0) is 19.1 Å². The van der Waals surface area contributed by atoms with Crippen molar-refractivity contribution in [2.45, 2.75) is 66.2 Å². The van der Waals surface area contributed by atoms with Gasteiger partial charge in [0.25, 0.3) is 0 Å². The fourth-order valence-electron chi connectivity index (χ4n) is 3.51. The molecule has 7 nitrogen and oxygen atoms in total. The van der Waals surface area contributed by atoms with E-state index in [-0.39, 0.29) is 42.4 Å². The van der Waals surface area contributed by atoms with Crippen molar-refractivity contribution in [1.29, 1.82) is 0 Å². The molecule has 0 atom stereocenters. The van der Waals surface area contributed by atoms with Crippen LogP contribution < -0.4 is 16.4 Å². The first kappa shape index (κ1) is 28.4. The number of carbonyl (C=O) groups is 2. The van der Waals surface area contributed by atoms with Gasteiger partial charge in [-0.25, -0.2) is 0 Å². The molecule has 0 fully saturated rings. The van der Waals surface area contributed by atoms with Gasteiger partial charge in [0, 0.05) is 6.54 Å². The lowest BCUT2D eigenvalue weighted by molar-refractivity contribution is -0.130. The Kier molecular flexibility index (Phi) is 15.2. The number of carbonyl (C=O) groups excluding carboxylic acids is 2. The molecule has 0 aromatic carbocycles. The van der Waals surface area contributed by atoms with Gasteiger partial charge in [-0.1, -0.05) is 33.6 Å². The highest BCUT2D eigenvalue weighted by molar-refractivity contribution is 5.79. The maximum absolute atomic E-state index is 12.0. The van der Waals surface area contributed by atoms with Crippen LogP contribution in [0.3, 0.4) is 0 Å². The third-order valence-corrected chi connectivity index (χ3v) is 6.32. The molecule has 0 saturated carbocycles. The van der Waals surface area contributed by atoms with Gasteiger partial charge in [-0.3, -0.25) is 9.59 Å². The van der Waals surface area contributed by atoms with Gasteiger partial charge in [-0.05, 0) is 55.9 Å². The molecule has 7 heteroatoms. The van der Waals surface area contributed by atoms with Crippen molar-refractivity contribution in [1.82, 2.24) is 10.6 Å². The number of nitrogens with two attached hydrogens (primary N) is 1. The van der Waals surface area contributed by atoms with Crippen LogP contribution in [0, 0.1) is 23.2 Å². The van der Waals surface area contributed by atoms with Crippen LogP contribution in [0.15, 0.2) is 0 Å². The maximum Gasteiger partial charge on any atom is 0.246 e. The largest absolute Gasteiger partial charge is 0.380 e. The summed E-state index contributed by atoms with van der Waals surface area (Å²) < 4.78 is 11.3. The van der Waals surface area contributed by atoms with Crippen LogP contribution in [0.4, 0.5) is 0 Å². The third kappa shape index (κ3) is 11.0. The van der Waals surface area contributed by atoms with Crippen LogP contribution >= 0.6 is 0 Å². The van der Waals surface area contributed by atoms with Crippen LogP contribution in [0.1, 0.15) is 66.2 Å². The highest BCUT2D eigenvalue weighted by atomic mass is 16.5. The molecule has 0 aromatic heterocycles. The Hall–Kier alpha value is -1.62. The van der Waals surface area contributed by atoms with Crippen molar-refractivity contribution < 1.29 is 19.1 Å². The minimum Gasteiger partial charge on any atom is -0.380 e. The zero-order valence-corrected chi connectivity index (χ0v) is 19.5. The Balaban J connectivity index is 4.39. The van der Waals surface area contributed by atoms with Crippen LogP contribution in [-0.4, -0.2) is 57.9 Å². The van der Waals surface area contributed by atoms with Crippen LogP contribution in [0.2, 0.25) is 0 Å². The molecular formula is C23H43N3O4. The van der Waals surface area contributed by atoms with Crippen molar-refractivity contribution in [3.63, 3.8) is 0 Å². The van der Waals surface area contributed by atoms with E-state index >= 15 is 0 Å². The van der Waals surface area contributed by atoms with Crippen molar-refractivity contribution in [3.8, 4) is 12.3 Å². The normalized spacial score (nSPS) is 11.7. The van der Waals surface area contributed by atoms with E-state index in [1.165, 1.54) is 0 Å². The van der Waals surface area contributed by atoms with Gasteiger partial charge in [-0.15, -0.1) is 6.42 Å². The second-order valence-corrected chi connectivity index (χ2v) is 8.02. The summed E-state index contributed by atoms with van der Waals surface area (Å²) in [6.45, 7) is 11.2. The van der Waals surface area contributed by atoms with Gasteiger partial charge in [-0.2, -0.15) is 0 Å². The smallest absolute Gasteiger partial charge is 0.246 e. The summed E-state index contributed by atoms with van der Waals surface area (Å²) in [5.41, 5.74) is 5.99. The maximum atomic E-state index is 12.0. The van der Waals surface area contributed by atoms with Gasteiger partial charge in [0.05, 0.1) is 19.8 Å². The van der Waals surface area contributed by atoms with E-state index in [0.717, 1.165) is 45.1 Å². The van der Waals surface area contributed by atoms with E-state index in [4.69, 9.17) is 21.6 Å². The first-order valence-electron chi connectivity index (χ1n) is 11.2. The molecule has 0 aromatic rings. The Morgan fingerprint density at radius 3 is 1.83 bits per heavy atom. The zero-order chi connectivity index (χ0) is 22.9. The van der Waals surface area contributed by atoms with Gasteiger partial charge in [0.15, 0.2) is 0 Å². The number of hydrogen-bond acceptors (Lipinski definition) is 5. The fraction of sp³-hybridized carbons (Fsp3) is 0.826. The molecule has 0 heterocycles. The highest BCUT2D eigenvalue weighted by Crippen LogP contribution is 2.34. The van der Waals surface area contributed by atoms with E-state index in [1.807, 2.05) is 0 Å². The van der Waals surface area contributed by atoms with Crippen molar-refractivity contribution in [2.24, 2.45) is 16.6 Å². The average molecular weight is 426 g/mol. The van der Waals surface area contributed by atoms with Crippen LogP contribution in [0.5, 0.6) is 0 Å². The quantitative estimate of drug-likeness (QED) is 0.292. The third-order valence-electron chi connectivity index (χ3n) is 6.32. The second-order valence-electron chi connectivity index (χ2n) is 8.02. The molecule has 0 bridgehead atoms. The van der Waals surface area contributed by atoms with E-state index < -0.39 is 0 Å². The van der Waals surface area contributed by atoms with Gasteiger partial charge < -0.3 is 25.8 Å². The van der Waals surface area contributed by atoms with Gasteiger partial charge >= 0.3 is 0 Å². The molecule has 0 radical (unpaired) electrons. The topological polar surface area (TPSA) is 103 Å². The summed E-state index contributed by atoms with van der Waals surface area (Å²) in [6, 6.07) is 0. The SMILES string of the molecule is C#CCNC(=O)COCC(=O)NCCC(CC)(CC)COCC(CC)(CC)CCN. The summed E-state index contributed by atoms with van der Waals surface area (Å²) in [4.78, 5) is 23.3. The Bertz CT molecular complexity index is 523. The molecule has 0 saturated heterocycles. The molecular weight excluding hydrogens is 382 g/mol. The van der Waals surface area contributed by atoms with Crippen molar-refractivity contribution in [2.75, 3.05) is 46.1 Å². The molecule has 0 aliphatic rings. The molecule has 0 spiro atoms. The summed E-state index contributed by atoms with van der Waals surface area (Å²) >= 11 is 0. The molecule has 0 unspecified atom stereocenters. The number of hydrogen-bond donors (Lipinski definition) is 3. The number of ether oxygens (including phenoxy) is 2. The van der Waals surface area contributed by atoms with Crippen molar-refractivity contribution >= 4 is 11.8 Å². The molecule has 0 aliphatic heterocycles. The number of amides is 2. The van der Waals surface area contributed by atoms with E-state index in [0.29, 0.717) is 19.7 Å². The lowest BCUT2D eigenvalue weighted by Crippen LogP contribution is -2.37. The Morgan fingerprint density at radius 1 is 0.867 bits per heavy atom. The lowest BCUT2D eigenvalue weighted by atomic mass is 9.78.